The summed E-state index contributed by atoms with van der Waals surface area (Å²) in [5.41, 5.74) is 8.98. The van der Waals surface area contributed by atoms with Crippen LogP contribution in [0.1, 0.15) is 89.6 Å². The number of nitrogens with one attached hydrogen (secondary N) is 2. The maximum atomic E-state index is 14.4. The molecule has 3 aromatic heterocycles. The summed E-state index contributed by atoms with van der Waals surface area (Å²) in [4.78, 5) is 70.2. The van der Waals surface area contributed by atoms with Gasteiger partial charge in [0.2, 0.25) is 5.91 Å². The average Bonchev–Trinajstić information content (AvgIpc) is 3.80. The van der Waals surface area contributed by atoms with E-state index in [4.69, 9.17) is 19.4 Å². The van der Waals surface area contributed by atoms with Crippen molar-refractivity contribution in [2.24, 2.45) is 11.3 Å². The average molecular weight is 925 g/mol. The molecule has 2 N–H and O–H groups in total. The number of piperazine rings is 1. The van der Waals surface area contributed by atoms with Crippen LogP contribution in [0.15, 0.2) is 41.9 Å². The van der Waals surface area contributed by atoms with Crippen molar-refractivity contribution in [1.82, 2.24) is 45.0 Å². The molecule has 2 saturated heterocycles. The Bertz CT molecular complexity index is 2370. The van der Waals surface area contributed by atoms with Crippen LogP contribution in [0.3, 0.4) is 0 Å². The van der Waals surface area contributed by atoms with E-state index in [1.807, 2.05) is 37.1 Å². The van der Waals surface area contributed by atoms with Crippen LogP contribution in [0.5, 0.6) is 0 Å². The fourth-order valence-corrected chi connectivity index (χ4v) is 10.6. The van der Waals surface area contributed by atoms with Gasteiger partial charge >= 0.3 is 6.03 Å². The van der Waals surface area contributed by atoms with E-state index in [0.717, 1.165) is 76.9 Å². The third-order valence-electron chi connectivity index (χ3n) is 13.5. The molecular formula is C48H66N9O6SSi. The van der Waals surface area contributed by atoms with Crippen molar-refractivity contribution in [1.29, 1.82) is 0 Å². The molecule has 1 aliphatic carbocycles. The molecule has 7 rings (SSSR count). The normalized spacial score (nSPS) is 17.9. The molecule has 1 aromatic carbocycles. The van der Waals surface area contributed by atoms with Crippen molar-refractivity contribution in [3.05, 3.63) is 58.2 Å². The second kappa shape index (κ2) is 20.0. The molecule has 1 spiro atoms. The Labute approximate surface area is 391 Å². The zero-order valence-corrected chi connectivity index (χ0v) is 41.3. The maximum absolute atomic E-state index is 14.4. The third kappa shape index (κ3) is 10.5. The predicted molar refractivity (Wildman–Crippen MR) is 254 cm³/mol. The van der Waals surface area contributed by atoms with Gasteiger partial charge in [-0.2, -0.15) is 0 Å². The van der Waals surface area contributed by atoms with Crippen molar-refractivity contribution in [2.75, 3.05) is 60.5 Å². The molecule has 3 fully saturated rings. The van der Waals surface area contributed by atoms with Gasteiger partial charge in [-0.15, -0.1) is 11.3 Å². The van der Waals surface area contributed by atoms with Crippen LogP contribution >= 0.6 is 11.3 Å². The van der Waals surface area contributed by atoms with E-state index >= 15 is 0 Å². The van der Waals surface area contributed by atoms with Crippen molar-refractivity contribution in [3.8, 4) is 22.5 Å². The highest BCUT2D eigenvalue weighted by atomic mass is 32.1. The number of benzene rings is 1. The van der Waals surface area contributed by atoms with E-state index in [1.54, 1.807) is 30.3 Å². The number of fused-ring (bicyclic) bond motifs is 1. The van der Waals surface area contributed by atoms with Crippen molar-refractivity contribution >= 4 is 55.9 Å². The molecule has 5 heterocycles. The number of aryl methyl sites for hydroxylation is 1. The van der Waals surface area contributed by atoms with Gasteiger partial charge in [-0.1, -0.05) is 33.8 Å². The summed E-state index contributed by atoms with van der Waals surface area (Å²) in [6.45, 7) is 16.3. The summed E-state index contributed by atoms with van der Waals surface area (Å²) in [7, 11) is 8.50. The highest BCUT2D eigenvalue weighted by molar-refractivity contribution is 7.10. The third-order valence-corrected chi connectivity index (χ3v) is 14.5. The molecule has 3 atom stereocenters. The number of likely N-dealkylation sites (N-methyl/N-ethyl adjacent to an activating group) is 2. The summed E-state index contributed by atoms with van der Waals surface area (Å²) >= 11 is 1.45. The summed E-state index contributed by atoms with van der Waals surface area (Å²) in [6, 6.07) is 8.56. The van der Waals surface area contributed by atoms with E-state index in [0.29, 0.717) is 44.2 Å². The number of rotatable bonds is 16. The van der Waals surface area contributed by atoms with Gasteiger partial charge in [0.1, 0.15) is 12.1 Å². The second-order valence-electron chi connectivity index (χ2n) is 19.2. The van der Waals surface area contributed by atoms with E-state index in [1.165, 1.54) is 11.3 Å². The molecule has 4 aromatic rings. The van der Waals surface area contributed by atoms with Crippen molar-refractivity contribution in [2.45, 2.75) is 110 Å². The number of thiazole rings is 1. The Morgan fingerprint density at radius 3 is 2.52 bits per heavy atom. The number of carbonyl (C=O) groups excluding carboxylic acids is 4. The number of pyridine rings is 1. The molecule has 3 aliphatic rings. The van der Waals surface area contributed by atoms with Gasteiger partial charge in [0.05, 0.1) is 34.8 Å². The van der Waals surface area contributed by atoms with Crippen molar-refractivity contribution < 1.29 is 28.7 Å². The maximum Gasteiger partial charge on any atom is 0.320 e. The Balaban J connectivity index is 1.20. The minimum absolute atomic E-state index is 0.0437. The number of carbonyl (C=O) groups is 4. The number of methoxy groups -OCH3 is 1. The van der Waals surface area contributed by atoms with Gasteiger partial charge in [0.15, 0.2) is 10.2 Å². The number of hydrazine groups is 1. The lowest BCUT2D eigenvalue weighted by Gasteiger charge is -2.43. The molecule has 4 amide bonds. The van der Waals surface area contributed by atoms with Crippen LogP contribution in [-0.4, -0.2) is 146 Å². The first-order valence-corrected chi connectivity index (χ1v) is 24.4. The van der Waals surface area contributed by atoms with Gasteiger partial charge in [-0.3, -0.25) is 29.3 Å². The number of urea groups is 1. The predicted octanol–water partition coefficient (Wildman–Crippen LogP) is 6.44. The van der Waals surface area contributed by atoms with Crippen LogP contribution in [0.25, 0.3) is 33.4 Å². The highest BCUT2D eigenvalue weighted by Crippen LogP contribution is 2.44. The summed E-state index contributed by atoms with van der Waals surface area (Å²) < 4.78 is 13.6. The first kappa shape index (κ1) is 48.3. The van der Waals surface area contributed by atoms with Crippen LogP contribution < -0.4 is 10.7 Å². The van der Waals surface area contributed by atoms with Crippen molar-refractivity contribution in [3.63, 3.8) is 0 Å². The molecule has 349 valence electrons. The zero-order valence-electron chi connectivity index (χ0n) is 39.5. The lowest BCUT2D eigenvalue weighted by Crippen LogP contribution is -2.62. The molecular weight excluding hydrogens is 859 g/mol. The summed E-state index contributed by atoms with van der Waals surface area (Å²) in [5, 5.41) is 8.48. The zero-order chi connectivity index (χ0) is 46.8. The van der Waals surface area contributed by atoms with Gasteiger partial charge in [-0.25, -0.2) is 15.2 Å². The van der Waals surface area contributed by atoms with Gasteiger partial charge < -0.3 is 29.2 Å². The van der Waals surface area contributed by atoms with E-state index in [-0.39, 0.29) is 48.4 Å². The molecule has 0 bridgehead atoms. The minimum Gasteiger partial charge on any atom is -0.470 e. The Morgan fingerprint density at radius 2 is 1.86 bits per heavy atom. The first-order chi connectivity index (χ1) is 31.0. The molecule has 65 heavy (non-hydrogen) atoms. The van der Waals surface area contributed by atoms with Gasteiger partial charge in [-0.05, 0) is 88.7 Å². The number of hydrogen-bond acceptors (Lipinski definition) is 11. The molecule has 17 heteroatoms. The fraction of sp³-hybridized carbons (Fsp3) is 0.583. The van der Waals surface area contributed by atoms with Gasteiger partial charge in [0.25, 0.3) is 11.5 Å². The monoisotopic (exact) mass is 924 g/mol. The lowest BCUT2D eigenvalue weighted by molar-refractivity contribution is -0.141. The van der Waals surface area contributed by atoms with E-state index in [9.17, 15) is 19.2 Å². The summed E-state index contributed by atoms with van der Waals surface area (Å²) in [6.07, 6.45) is 6.26. The molecule has 3 radical (unpaired) electrons. The molecule has 15 nitrogen and oxygen atoms in total. The first-order valence-electron chi connectivity index (χ1n) is 23.0. The fourth-order valence-electron chi connectivity index (χ4n) is 9.65. The quantitative estimate of drug-likeness (QED) is 0.120. The topological polar surface area (TPSA) is 154 Å². The standard InChI is InChI=1S/C48H66N9O6SSi/c1-10-56-38-16-15-32(24-34(38)35(26-47(5,6)29-63-46(61)65)42(56)33-14-13-19-49-40(33)31(4)62-9)37-27-64-39(51-37)25-36(44(59)57-21-12-11-20-50-57)52-43(58)41(30(2)3)54(8)45(60)55-23-22-53(7)48(28-55)17-18-48/h13-16,19,24,27,30-31,36,41,50H,10-12,17-18,20-23,25-26,28-29H2,1-9H3,(H,52,58)/t31-,36-,41-/m0/s1. The van der Waals surface area contributed by atoms with Crippen LogP contribution in [0.4, 0.5) is 9.59 Å². The number of amides is 4. The largest absolute Gasteiger partial charge is 0.470 e. The van der Waals surface area contributed by atoms with E-state index < -0.39 is 23.1 Å². The number of hydrogen-bond donors (Lipinski definition) is 2. The lowest BCUT2D eigenvalue weighted by atomic mass is 9.84. The van der Waals surface area contributed by atoms with Gasteiger partial charge in [0, 0.05) is 104 Å². The van der Waals surface area contributed by atoms with Crippen LogP contribution in [0.2, 0.25) is 0 Å². The molecule has 1 saturated carbocycles. The van der Waals surface area contributed by atoms with E-state index in [2.05, 4.69) is 82.5 Å². The molecule has 2 aliphatic heterocycles. The number of nitrogens with zero attached hydrogens (tertiary/aromatic N) is 7. The Hall–Kier alpha value is -4.68. The number of ether oxygens (including phenoxy) is 2. The van der Waals surface area contributed by atoms with Crippen LogP contribution in [-0.2, 0) is 38.4 Å². The SMILES string of the molecule is CCn1c(-c2cccnc2[C@H](C)OC)c(CC(C)(C)COC(=O)[Si])c2cc(-c3csc(C[C@H](NC(=O)[C@H](C(C)C)N(C)C(=O)N4CCN(C)C5(CC5)C4)C(=O)N4CCCCN4)n3)ccc21. The Morgan fingerprint density at radius 1 is 1.09 bits per heavy atom. The highest BCUT2D eigenvalue weighted by Gasteiger charge is 2.51. The summed E-state index contributed by atoms with van der Waals surface area (Å²) in [5.74, 6) is -0.799. The second-order valence-corrected chi connectivity index (χ2v) is 20.5. The molecule has 0 unspecified atom stereocenters. The smallest absolute Gasteiger partial charge is 0.320 e. The minimum atomic E-state index is -0.913. The number of aromatic nitrogens is 3. The van der Waals surface area contributed by atoms with Crippen LogP contribution in [0, 0.1) is 11.3 Å². The Kier molecular flexibility index (Phi) is 14.9.